The minimum Gasteiger partial charge on any atom is -0.508 e. The Hall–Kier alpha value is -2.96. The van der Waals surface area contributed by atoms with E-state index >= 15 is 0 Å². The number of ether oxygens (including phenoxy) is 1. The fraction of sp³-hybridized carbons (Fsp3) is 0.333. The van der Waals surface area contributed by atoms with Crippen LogP contribution in [0.3, 0.4) is 0 Å². The van der Waals surface area contributed by atoms with Crippen LogP contribution in [0.2, 0.25) is 0 Å². The molecule has 2 atom stereocenters. The number of phenols is 1. The summed E-state index contributed by atoms with van der Waals surface area (Å²) in [5, 5.41) is 29.4. The predicted molar refractivity (Wildman–Crippen MR) is 123 cm³/mol. The molecule has 33 heavy (non-hydrogen) atoms. The van der Waals surface area contributed by atoms with Gasteiger partial charge in [-0.1, -0.05) is 55.5 Å². The molecule has 0 saturated carbocycles. The Labute approximate surface area is 193 Å². The molecule has 0 bridgehead atoms. The third kappa shape index (κ3) is 7.01. The molecule has 0 saturated heterocycles. The molecule has 176 valence electrons. The van der Waals surface area contributed by atoms with Crippen LogP contribution in [0.5, 0.6) is 11.5 Å². The summed E-state index contributed by atoms with van der Waals surface area (Å²) < 4.78 is 34.1. The summed E-state index contributed by atoms with van der Waals surface area (Å²) in [6.07, 6.45) is 1.29. The fourth-order valence-electron chi connectivity index (χ4n) is 3.75. The lowest BCUT2D eigenvalue weighted by Gasteiger charge is -2.18. The second-order valence-electron chi connectivity index (χ2n) is 8.46. The normalized spacial score (nSPS) is 13.5. The monoisotopic (exact) mass is 456 g/mol. The summed E-state index contributed by atoms with van der Waals surface area (Å²) in [6.45, 7) is 1.04. The Morgan fingerprint density at radius 1 is 0.939 bits per heavy atom. The van der Waals surface area contributed by atoms with Gasteiger partial charge in [0.15, 0.2) is 6.61 Å². The summed E-state index contributed by atoms with van der Waals surface area (Å²) in [7, 11) is 0. The molecule has 0 heterocycles. The molecule has 0 amide bonds. The van der Waals surface area contributed by atoms with Gasteiger partial charge in [-0.2, -0.15) is 8.78 Å². The standard InChI is InChI=1S/C27H30F2O4/c1-19(10-12-25(31)21-11-13-26(32)22(16-21)17-30)14-20-6-5-9-24(15-20)33-18-27(28,29)23-7-3-2-4-8-23/h2-9,11,13,15-16,19,25,30-32H,10,12,14,17-18H2,1H3/t19?,25-/m0/s1. The first-order valence-corrected chi connectivity index (χ1v) is 11.0. The van der Waals surface area contributed by atoms with E-state index in [0.29, 0.717) is 23.3 Å². The molecule has 3 rings (SSSR count). The largest absolute Gasteiger partial charge is 0.508 e. The van der Waals surface area contributed by atoms with E-state index in [2.05, 4.69) is 6.92 Å². The van der Waals surface area contributed by atoms with Gasteiger partial charge in [0.1, 0.15) is 11.5 Å². The highest BCUT2D eigenvalue weighted by molar-refractivity contribution is 5.36. The zero-order chi connectivity index (χ0) is 23.8. The molecular formula is C27H30F2O4. The predicted octanol–water partition coefficient (Wildman–Crippen LogP) is 5.75. The van der Waals surface area contributed by atoms with Crippen molar-refractivity contribution < 1.29 is 28.8 Å². The van der Waals surface area contributed by atoms with Crippen molar-refractivity contribution in [2.24, 2.45) is 5.92 Å². The number of benzene rings is 3. The molecule has 3 aromatic rings. The molecule has 6 heteroatoms. The van der Waals surface area contributed by atoms with Gasteiger partial charge in [-0.3, -0.25) is 0 Å². The summed E-state index contributed by atoms with van der Waals surface area (Å²) in [6, 6.07) is 19.5. The van der Waals surface area contributed by atoms with Crippen LogP contribution in [0.1, 0.15) is 48.1 Å². The van der Waals surface area contributed by atoms with E-state index in [1.807, 2.05) is 6.07 Å². The van der Waals surface area contributed by atoms with E-state index < -0.39 is 18.6 Å². The maximum absolute atomic E-state index is 14.4. The van der Waals surface area contributed by atoms with E-state index in [4.69, 9.17) is 4.74 Å². The molecule has 1 unspecified atom stereocenters. The molecule has 0 aliphatic carbocycles. The maximum atomic E-state index is 14.4. The number of aliphatic hydroxyl groups is 2. The van der Waals surface area contributed by atoms with E-state index in [9.17, 15) is 24.1 Å². The molecule has 0 aliphatic heterocycles. The first-order valence-electron chi connectivity index (χ1n) is 11.0. The van der Waals surface area contributed by atoms with Crippen LogP contribution in [0.15, 0.2) is 72.8 Å². The molecule has 0 aromatic heterocycles. The Balaban J connectivity index is 1.52. The van der Waals surface area contributed by atoms with Gasteiger partial charge in [0.25, 0.3) is 0 Å². The lowest BCUT2D eigenvalue weighted by molar-refractivity contribution is -0.0467. The average Bonchev–Trinajstić information content (AvgIpc) is 2.82. The molecule has 0 fully saturated rings. The molecule has 0 radical (unpaired) electrons. The highest BCUT2D eigenvalue weighted by atomic mass is 19.3. The van der Waals surface area contributed by atoms with Crippen molar-refractivity contribution in [2.75, 3.05) is 6.61 Å². The topological polar surface area (TPSA) is 69.9 Å². The molecule has 3 N–H and O–H groups in total. The van der Waals surface area contributed by atoms with Gasteiger partial charge in [-0.05, 0) is 60.6 Å². The Kier molecular flexibility index (Phi) is 8.42. The third-order valence-corrected chi connectivity index (χ3v) is 5.69. The van der Waals surface area contributed by atoms with Crippen molar-refractivity contribution in [3.05, 3.63) is 95.1 Å². The first kappa shape index (κ1) is 24.7. The van der Waals surface area contributed by atoms with Crippen molar-refractivity contribution in [1.29, 1.82) is 0 Å². The first-order chi connectivity index (χ1) is 15.8. The fourth-order valence-corrected chi connectivity index (χ4v) is 3.75. The van der Waals surface area contributed by atoms with Crippen LogP contribution < -0.4 is 4.74 Å². The smallest absolute Gasteiger partial charge is 0.306 e. The van der Waals surface area contributed by atoms with Crippen LogP contribution >= 0.6 is 0 Å². The summed E-state index contributed by atoms with van der Waals surface area (Å²) in [4.78, 5) is 0. The van der Waals surface area contributed by atoms with E-state index in [1.54, 1.807) is 48.5 Å². The number of aliphatic hydroxyl groups excluding tert-OH is 2. The zero-order valence-electron chi connectivity index (χ0n) is 18.6. The van der Waals surface area contributed by atoms with Crippen LogP contribution in [-0.2, 0) is 19.0 Å². The molecule has 0 spiro atoms. The number of halogens is 2. The summed E-state index contributed by atoms with van der Waals surface area (Å²) in [5.74, 6) is -2.43. The lowest BCUT2D eigenvalue weighted by Crippen LogP contribution is -2.23. The van der Waals surface area contributed by atoms with Crippen molar-refractivity contribution in [3.63, 3.8) is 0 Å². The minimum absolute atomic E-state index is 0.00505. The highest BCUT2D eigenvalue weighted by Gasteiger charge is 2.32. The van der Waals surface area contributed by atoms with Crippen LogP contribution in [0.4, 0.5) is 8.78 Å². The van der Waals surface area contributed by atoms with E-state index in [0.717, 1.165) is 18.4 Å². The van der Waals surface area contributed by atoms with Gasteiger partial charge < -0.3 is 20.1 Å². The van der Waals surface area contributed by atoms with E-state index in [1.165, 1.54) is 18.2 Å². The number of alkyl halides is 2. The molecule has 4 nitrogen and oxygen atoms in total. The van der Waals surface area contributed by atoms with Gasteiger partial charge in [0.05, 0.1) is 12.7 Å². The van der Waals surface area contributed by atoms with Crippen LogP contribution in [0, 0.1) is 5.92 Å². The highest BCUT2D eigenvalue weighted by Crippen LogP contribution is 2.30. The number of aromatic hydroxyl groups is 1. The second-order valence-corrected chi connectivity index (χ2v) is 8.46. The Morgan fingerprint density at radius 3 is 2.42 bits per heavy atom. The lowest BCUT2D eigenvalue weighted by atomic mass is 9.93. The minimum atomic E-state index is -3.08. The Morgan fingerprint density at radius 2 is 1.70 bits per heavy atom. The maximum Gasteiger partial charge on any atom is 0.306 e. The summed E-state index contributed by atoms with van der Waals surface area (Å²) in [5.41, 5.74) is 1.94. The van der Waals surface area contributed by atoms with Gasteiger partial charge in [-0.25, -0.2) is 0 Å². The number of hydrogen-bond donors (Lipinski definition) is 3. The number of rotatable bonds is 11. The average molecular weight is 457 g/mol. The SMILES string of the molecule is CC(CC[C@H](O)c1ccc(O)c(CO)c1)Cc1cccc(OCC(F)(F)c2ccccc2)c1. The zero-order valence-corrected chi connectivity index (χ0v) is 18.6. The van der Waals surface area contributed by atoms with Crippen molar-refractivity contribution in [1.82, 2.24) is 0 Å². The molecule has 0 aliphatic rings. The van der Waals surface area contributed by atoms with Crippen molar-refractivity contribution in [3.8, 4) is 11.5 Å². The molecule has 3 aromatic carbocycles. The summed E-state index contributed by atoms with van der Waals surface area (Å²) >= 11 is 0. The second kappa shape index (κ2) is 11.3. The number of hydrogen-bond acceptors (Lipinski definition) is 4. The quantitative estimate of drug-likeness (QED) is 0.344. The van der Waals surface area contributed by atoms with Gasteiger partial charge >= 0.3 is 5.92 Å². The van der Waals surface area contributed by atoms with Crippen molar-refractivity contribution >= 4 is 0 Å². The van der Waals surface area contributed by atoms with Crippen molar-refractivity contribution in [2.45, 2.75) is 44.8 Å². The Bertz CT molecular complexity index is 1020. The van der Waals surface area contributed by atoms with Gasteiger partial charge in [0, 0.05) is 11.1 Å². The van der Waals surface area contributed by atoms with Gasteiger partial charge in [0.2, 0.25) is 0 Å². The van der Waals surface area contributed by atoms with Gasteiger partial charge in [-0.15, -0.1) is 0 Å². The third-order valence-electron chi connectivity index (χ3n) is 5.69. The van der Waals surface area contributed by atoms with E-state index in [-0.39, 0.29) is 23.8 Å². The molecular weight excluding hydrogens is 426 g/mol. The van der Waals surface area contributed by atoms with Crippen LogP contribution in [-0.4, -0.2) is 21.9 Å². The van der Waals surface area contributed by atoms with Crippen LogP contribution in [0.25, 0.3) is 0 Å².